The first-order valence-corrected chi connectivity index (χ1v) is 8.25. The lowest BCUT2D eigenvalue weighted by Crippen LogP contribution is -2.33. The zero-order valence-electron chi connectivity index (χ0n) is 13.9. The highest BCUT2D eigenvalue weighted by Gasteiger charge is 2.17. The first kappa shape index (κ1) is 18.0. The van der Waals surface area contributed by atoms with Gasteiger partial charge in [0.15, 0.2) is 17.6 Å². The van der Waals surface area contributed by atoms with Gasteiger partial charge in [-0.2, -0.15) is 5.10 Å². The van der Waals surface area contributed by atoms with Gasteiger partial charge in [-0.05, 0) is 48.9 Å². The van der Waals surface area contributed by atoms with E-state index in [9.17, 15) is 9.18 Å². The van der Waals surface area contributed by atoms with E-state index in [-0.39, 0.29) is 5.82 Å². The van der Waals surface area contributed by atoms with E-state index in [2.05, 4.69) is 10.5 Å². The van der Waals surface area contributed by atoms with Crippen molar-refractivity contribution in [2.75, 3.05) is 13.2 Å². The van der Waals surface area contributed by atoms with Crippen LogP contribution in [0.5, 0.6) is 17.2 Å². The van der Waals surface area contributed by atoms with Gasteiger partial charge in [-0.3, -0.25) is 4.79 Å². The van der Waals surface area contributed by atoms with E-state index in [1.165, 1.54) is 30.5 Å². The molecule has 0 fully saturated rings. The average Bonchev–Trinajstić information content (AvgIpc) is 2.63. The molecule has 1 heterocycles. The number of hydrogen-bond acceptors (Lipinski definition) is 5. The molecule has 0 radical (unpaired) electrons. The van der Waals surface area contributed by atoms with Crippen molar-refractivity contribution >= 4 is 23.7 Å². The lowest BCUT2D eigenvalue weighted by atomic mass is 10.2. The van der Waals surface area contributed by atoms with Gasteiger partial charge in [-0.15, -0.1) is 0 Å². The normalized spacial score (nSPS) is 14.1. The van der Waals surface area contributed by atoms with Gasteiger partial charge in [0, 0.05) is 0 Å². The molecule has 136 valence electrons. The summed E-state index contributed by atoms with van der Waals surface area (Å²) in [4.78, 5) is 12.0. The van der Waals surface area contributed by atoms with Gasteiger partial charge in [0.1, 0.15) is 24.8 Å². The number of ether oxygens (including phenoxy) is 3. The molecule has 0 unspecified atom stereocenters. The zero-order valence-corrected chi connectivity index (χ0v) is 14.6. The lowest BCUT2D eigenvalue weighted by molar-refractivity contribution is -0.127. The van der Waals surface area contributed by atoms with Crippen LogP contribution in [0, 0.1) is 5.82 Å². The summed E-state index contributed by atoms with van der Waals surface area (Å²) in [5.41, 5.74) is 3.02. The van der Waals surface area contributed by atoms with Crippen molar-refractivity contribution in [1.82, 2.24) is 5.43 Å². The van der Waals surface area contributed by atoms with E-state index in [1.807, 2.05) is 0 Å². The van der Waals surface area contributed by atoms with Gasteiger partial charge in [-0.25, -0.2) is 9.82 Å². The van der Waals surface area contributed by atoms with Crippen molar-refractivity contribution in [1.29, 1.82) is 0 Å². The minimum Gasteiger partial charge on any atom is -0.486 e. The summed E-state index contributed by atoms with van der Waals surface area (Å²) >= 11 is 6.14. The average molecular weight is 379 g/mol. The largest absolute Gasteiger partial charge is 0.486 e. The molecule has 0 aliphatic carbocycles. The number of nitrogens with zero attached hydrogens (tertiary/aromatic N) is 1. The maximum atomic E-state index is 12.9. The summed E-state index contributed by atoms with van der Waals surface area (Å²) in [5.74, 6) is 0.591. The summed E-state index contributed by atoms with van der Waals surface area (Å²) in [6.45, 7) is 2.45. The number of carbonyl (C=O) groups is 1. The molecule has 1 aliphatic heterocycles. The molecule has 6 nitrogen and oxygen atoms in total. The standard InChI is InChI=1S/C18H16ClFN2O4/c1-11(26-14-4-2-13(20)3-5-14)18(23)22-21-10-12-8-15(19)17-16(9-12)24-6-7-25-17/h2-5,8-11H,6-7H2,1H3,(H,22,23)/b21-10-/t11-/m1/s1. The van der Waals surface area contributed by atoms with Gasteiger partial charge >= 0.3 is 0 Å². The topological polar surface area (TPSA) is 69.2 Å². The van der Waals surface area contributed by atoms with Crippen LogP contribution in [-0.2, 0) is 4.79 Å². The maximum Gasteiger partial charge on any atom is 0.280 e. The third-order valence-electron chi connectivity index (χ3n) is 3.50. The molecule has 0 saturated heterocycles. The molecule has 26 heavy (non-hydrogen) atoms. The highest BCUT2D eigenvalue weighted by atomic mass is 35.5. The van der Waals surface area contributed by atoms with Crippen molar-refractivity contribution < 1.29 is 23.4 Å². The molecule has 1 aliphatic rings. The Bertz CT molecular complexity index is 827. The van der Waals surface area contributed by atoms with Crippen LogP contribution in [0.1, 0.15) is 12.5 Å². The van der Waals surface area contributed by atoms with Crippen LogP contribution in [0.3, 0.4) is 0 Å². The molecule has 1 N–H and O–H groups in total. The van der Waals surface area contributed by atoms with Crippen LogP contribution >= 0.6 is 11.6 Å². The van der Waals surface area contributed by atoms with Crippen LogP contribution in [0.25, 0.3) is 0 Å². The van der Waals surface area contributed by atoms with Gasteiger partial charge < -0.3 is 14.2 Å². The Morgan fingerprint density at radius 2 is 2.04 bits per heavy atom. The Kier molecular flexibility index (Phi) is 5.58. The van der Waals surface area contributed by atoms with Crippen LogP contribution in [0.4, 0.5) is 4.39 Å². The van der Waals surface area contributed by atoms with Crippen molar-refractivity contribution in [3.8, 4) is 17.2 Å². The second kappa shape index (κ2) is 8.05. The Labute approximate surface area is 154 Å². The third kappa shape index (κ3) is 4.43. The molecule has 0 saturated carbocycles. The highest BCUT2D eigenvalue weighted by molar-refractivity contribution is 6.32. The molecule has 1 atom stereocenters. The molecule has 8 heteroatoms. The predicted molar refractivity (Wildman–Crippen MR) is 94.7 cm³/mol. The zero-order chi connectivity index (χ0) is 18.5. The number of halogens is 2. The first-order valence-electron chi connectivity index (χ1n) is 7.87. The van der Waals surface area contributed by atoms with Crippen LogP contribution in [0.2, 0.25) is 5.02 Å². The Morgan fingerprint density at radius 1 is 1.31 bits per heavy atom. The number of hydrogen-bond donors (Lipinski definition) is 1. The van der Waals surface area contributed by atoms with Gasteiger partial charge in [0.05, 0.1) is 11.2 Å². The summed E-state index contributed by atoms with van der Waals surface area (Å²) in [7, 11) is 0. The Hall–Kier alpha value is -2.80. The highest BCUT2D eigenvalue weighted by Crippen LogP contribution is 2.37. The van der Waals surface area contributed by atoms with E-state index in [1.54, 1.807) is 19.1 Å². The molecule has 0 bridgehead atoms. The molecule has 2 aromatic carbocycles. The molecular formula is C18H16ClFN2O4. The number of benzene rings is 2. The Balaban J connectivity index is 1.58. The SMILES string of the molecule is C[C@@H](Oc1ccc(F)cc1)C(=O)N/N=C\c1cc(Cl)c2c(c1)OCCO2. The van der Waals surface area contributed by atoms with Gasteiger partial charge in [0.25, 0.3) is 5.91 Å². The van der Waals surface area contributed by atoms with E-state index < -0.39 is 12.0 Å². The van der Waals surface area contributed by atoms with E-state index >= 15 is 0 Å². The van der Waals surface area contributed by atoms with Crippen molar-refractivity contribution in [2.24, 2.45) is 5.10 Å². The van der Waals surface area contributed by atoms with Crippen LogP contribution in [0.15, 0.2) is 41.5 Å². The number of hydrazone groups is 1. The third-order valence-corrected chi connectivity index (χ3v) is 3.78. The van der Waals surface area contributed by atoms with Crippen molar-refractivity contribution in [3.63, 3.8) is 0 Å². The van der Waals surface area contributed by atoms with Crippen LogP contribution in [-0.4, -0.2) is 31.4 Å². The number of carbonyl (C=O) groups excluding carboxylic acids is 1. The number of rotatable bonds is 5. The quantitative estimate of drug-likeness (QED) is 0.641. The number of nitrogens with one attached hydrogen (secondary N) is 1. The fraction of sp³-hybridized carbons (Fsp3) is 0.222. The molecular weight excluding hydrogens is 363 g/mol. The smallest absolute Gasteiger partial charge is 0.280 e. The first-order chi connectivity index (χ1) is 12.5. The summed E-state index contributed by atoms with van der Waals surface area (Å²) in [5, 5.41) is 4.29. The molecule has 0 spiro atoms. The van der Waals surface area contributed by atoms with Crippen molar-refractivity contribution in [2.45, 2.75) is 13.0 Å². The number of fused-ring (bicyclic) bond motifs is 1. The molecule has 3 rings (SSSR count). The van der Waals surface area contributed by atoms with Crippen molar-refractivity contribution in [3.05, 3.63) is 52.8 Å². The number of amides is 1. The van der Waals surface area contributed by atoms with E-state index in [4.69, 9.17) is 25.8 Å². The fourth-order valence-corrected chi connectivity index (χ4v) is 2.51. The molecule has 1 amide bonds. The lowest BCUT2D eigenvalue weighted by Gasteiger charge is -2.19. The minimum absolute atomic E-state index is 0.378. The minimum atomic E-state index is -0.804. The summed E-state index contributed by atoms with van der Waals surface area (Å²) in [6, 6.07) is 8.77. The second-order valence-electron chi connectivity index (χ2n) is 5.48. The molecule has 0 aromatic heterocycles. The second-order valence-corrected chi connectivity index (χ2v) is 5.88. The van der Waals surface area contributed by atoms with Crippen LogP contribution < -0.4 is 19.6 Å². The van der Waals surface area contributed by atoms with Gasteiger partial charge in [-0.1, -0.05) is 11.6 Å². The van der Waals surface area contributed by atoms with E-state index in [0.29, 0.717) is 41.0 Å². The monoisotopic (exact) mass is 378 g/mol. The van der Waals surface area contributed by atoms with Gasteiger partial charge in [0.2, 0.25) is 0 Å². The Morgan fingerprint density at radius 3 is 2.81 bits per heavy atom. The van der Waals surface area contributed by atoms with E-state index in [0.717, 1.165) is 0 Å². The fourth-order valence-electron chi connectivity index (χ4n) is 2.24. The summed E-state index contributed by atoms with van der Waals surface area (Å²) < 4.78 is 29.2. The predicted octanol–water partition coefficient (Wildman–Crippen LogP) is 3.17. The summed E-state index contributed by atoms with van der Waals surface area (Å²) in [6.07, 6.45) is 0.633. The maximum absolute atomic E-state index is 12.9. The molecule has 2 aromatic rings.